The maximum absolute atomic E-state index is 8.78. The number of allylic oxidation sites excluding steroid dienone is 1. The minimum absolute atomic E-state index is 0.309. The molecule has 0 aromatic carbocycles. The van der Waals surface area contributed by atoms with Gasteiger partial charge in [0.25, 0.3) is 0 Å². The van der Waals surface area contributed by atoms with Gasteiger partial charge in [0.1, 0.15) is 0 Å². The Labute approximate surface area is 114 Å². The van der Waals surface area contributed by atoms with Crippen LogP contribution in [-0.2, 0) is 4.43 Å². The van der Waals surface area contributed by atoms with Gasteiger partial charge in [0.15, 0.2) is 8.32 Å². The molecule has 2 nitrogen and oxygen atoms in total. The molecule has 0 atom stereocenters. The zero-order valence-corrected chi connectivity index (χ0v) is 13.7. The molecule has 0 radical (unpaired) electrons. The zero-order chi connectivity index (χ0) is 13.8. The van der Waals surface area contributed by atoms with E-state index in [2.05, 4.69) is 33.9 Å². The summed E-state index contributed by atoms with van der Waals surface area (Å²) < 4.78 is 6.30. The molecule has 1 saturated carbocycles. The highest BCUT2D eigenvalue weighted by Crippen LogP contribution is 2.38. The molecule has 0 aliphatic heterocycles. The normalized spacial score (nSPS) is 26.7. The largest absolute Gasteiger partial charge is 0.516 e. The molecule has 0 unspecified atom stereocenters. The van der Waals surface area contributed by atoms with Crippen LogP contribution < -0.4 is 0 Å². The van der Waals surface area contributed by atoms with E-state index < -0.39 is 8.32 Å². The average molecular weight is 270 g/mol. The minimum Gasteiger partial charge on any atom is -0.516 e. The number of hydrogen-bond donors (Lipinski definition) is 1. The van der Waals surface area contributed by atoms with Gasteiger partial charge < -0.3 is 9.53 Å². The van der Waals surface area contributed by atoms with Gasteiger partial charge in [-0.2, -0.15) is 0 Å². The molecule has 1 N–H and O–H groups in total. The first kappa shape index (κ1) is 15.8. The van der Waals surface area contributed by atoms with Gasteiger partial charge in [0.2, 0.25) is 0 Å². The Morgan fingerprint density at radius 3 is 2.17 bits per heavy atom. The first-order valence-corrected chi connectivity index (χ1v) is 10.1. The Bertz CT molecular complexity index is 271. The molecule has 1 aliphatic carbocycles. The second kappa shape index (κ2) is 6.24. The highest BCUT2D eigenvalue weighted by Gasteiger charge is 2.37. The molecule has 0 amide bonds. The second-order valence-electron chi connectivity index (χ2n) is 7.19. The predicted octanol–water partition coefficient (Wildman–Crippen LogP) is 4.89. The summed E-state index contributed by atoms with van der Waals surface area (Å²) in [6, 6.07) is 0. The van der Waals surface area contributed by atoms with E-state index in [0.29, 0.717) is 11.0 Å². The third kappa shape index (κ3) is 4.43. The third-order valence-corrected chi connectivity index (χ3v) is 9.24. The van der Waals surface area contributed by atoms with Gasteiger partial charge in [0.05, 0.1) is 6.26 Å². The monoisotopic (exact) mass is 270 g/mol. The highest BCUT2D eigenvalue weighted by atomic mass is 28.4. The molecule has 1 rings (SSSR count). The number of aliphatic hydroxyl groups excluding tert-OH is 1. The van der Waals surface area contributed by atoms with Crippen LogP contribution in [0.3, 0.4) is 0 Å². The predicted molar refractivity (Wildman–Crippen MR) is 80.4 cm³/mol. The van der Waals surface area contributed by atoms with Gasteiger partial charge >= 0.3 is 0 Å². The van der Waals surface area contributed by atoms with Crippen LogP contribution in [0.15, 0.2) is 12.3 Å². The van der Waals surface area contributed by atoms with Crippen LogP contribution in [0.2, 0.25) is 18.1 Å². The van der Waals surface area contributed by atoms with Crippen molar-refractivity contribution in [3.63, 3.8) is 0 Å². The van der Waals surface area contributed by atoms with Crippen LogP contribution in [0.4, 0.5) is 0 Å². The van der Waals surface area contributed by atoms with Crippen molar-refractivity contribution in [1.82, 2.24) is 0 Å². The Balaban J connectivity index is 2.34. The van der Waals surface area contributed by atoms with Crippen molar-refractivity contribution >= 4 is 8.32 Å². The summed E-state index contributed by atoms with van der Waals surface area (Å²) in [4.78, 5) is 0. The topological polar surface area (TPSA) is 29.5 Å². The summed E-state index contributed by atoms with van der Waals surface area (Å²) in [5.41, 5.74) is 0. The molecule has 3 heteroatoms. The number of aliphatic hydroxyl groups is 1. The molecule has 1 aliphatic rings. The molecule has 18 heavy (non-hydrogen) atoms. The Morgan fingerprint density at radius 1 is 1.17 bits per heavy atom. The van der Waals surface area contributed by atoms with Crippen molar-refractivity contribution < 1.29 is 9.53 Å². The van der Waals surface area contributed by atoms with Crippen LogP contribution >= 0.6 is 0 Å². The summed E-state index contributed by atoms with van der Waals surface area (Å²) >= 11 is 0. The fraction of sp³-hybridized carbons (Fsp3) is 0.867. The van der Waals surface area contributed by atoms with Crippen molar-refractivity contribution in [3.05, 3.63) is 12.3 Å². The van der Waals surface area contributed by atoms with E-state index in [1.54, 1.807) is 0 Å². The summed E-state index contributed by atoms with van der Waals surface area (Å²) in [7, 11) is -1.58. The molecule has 0 aromatic heterocycles. The molecule has 0 saturated heterocycles. The molecule has 0 heterocycles. The van der Waals surface area contributed by atoms with Gasteiger partial charge in [-0.3, -0.25) is 0 Å². The lowest BCUT2D eigenvalue weighted by Gasteiger charge is -2.38. The fourth-order valence-electron chi connectivity index (χ4n) is 2.21. The lowest BCUT2D eigenvalue weighted by atomic mass is 9.82. The van der Waals surface area contributed by atoms with Crippen LogP contribution in [0.1, 0.15) is 46.5 Å². The maximum Gasteiger partial charge on any atom is 0.191 e. The summed E-state index contributed by atoms with van der Waals surface area (Å²) in [5.74, 6) is 1.31. The number of rotatable bonds is 4. The standard InChI is InChI=1S/C15H30O2Si/c1-15(2,3)18(4,5)17-12-14-8-6-13(7-9-14)10-11-16/h10-11,13-14,16H,6-9,12H2,1-5H3/b11-10+. The third-order valence-electron chi connectivity index (χ3n) is 4.74. The van der Waals surface area contributed by atoms with Gasteiger partial charge in [-0.05, 0) is 61.7 Å². The van der Waals surface area contributed by atoms with Crippen LogP contribution in [0.5, 0.6) is 0 Å². The van der Waals surface area contributed by atoms with E-state index >= 15 is 0 Å². The Kier molecular flexibility index (Phi) is 5.47. The van der Waals surface area contributed by atoms with E-state index in [9.17, 15) is 0 Å². The summed E-state index contributed by atoms with van der Waals surface area (Å²) in [5, 5.41) is 9.09. The van der Waals surface area contributed by atoms with E-state index in [-0.39, 0.29) is 0 Å². The van der Waals surface area contributed by atoms with E-state index in [4.69, 9.17) is 9.53 Å². The quantitative estimate of drug-likeness (QED) is 0.582. The van der Waals surface area contributed by atoms with Gasteiger partial charge in [0, 0.05) is 6.61 Å². The van der Waals surface area contributed by atoms with Crippen LogP contribution in [0.25, 0.3) is 0 Å². The summed E-state index contributed by atoms with van der Waals surface area (Å²) in [6.45, 7) is 12.5. The molecular weight excluding hydrogens is 240 g/mol. The first-order valence-electron chi connectivity index (χ1n) is 7.21. The smallest absolute Gasteiger partial charge is 0.191 e. The summed E-state index contributed by atoms with van der Waals surface area (Å²) in [6.07, 6.45) is 8.01. The highest BCUT2D eigenvalue weighted by molar-refractivity contribution is 6.74. The van der Waals surface area contributed by atoms with E-state index in [1.807, 2.05) is 6.08 Å². The number of hydrogen-bond acceptors (Lipinski definition) is 2. The van der Waals surface area contributed by atoms with Crippen molar-refractivity contribution in [2.75, 3.05) is 6.61 Å². The van der Waals surface area contributed by atoms with Crippen molar-refractivity contribution in [2.24, 2.45) is 11.8 Å². The van der Waals surface area contributed by atoms with Gasteiger partial charge in [-0.15, -0.1) is 0 Å². The fourth-order valence-corrected chi connectivity index (χ4v) is 3.30. The van der Waals surface area contributed by atoms with E-state index in [0.717, 1.165) is 12.5 Å². The van der Waals surface area contributed by atoms with E-state index in [1.165, 1.54) is 31.9 Å². The van der Waals surface area contributed by atoms with Crippen molar-refractivity contribution in [2.45, 2.75) is 64.6 Å². The van der Waals surface area contributed by atoms with Crippen molar-refractivity contribution in [1.29, 1.82) is 0 Å². The SMILES string of the molecule is CC(C)(C)[Si](C)(C)OCC1CCC(/C=C/O)CC1. The van der Waals surface area contributed by atoms with Crippen molar-refractivity contribution in [3.8, 4) is 0 Å². The van der Waals surface area contributed by atoms with Gasteiger partial charge in [-0.25, -0.2) is 0 Å². The lowest BCUT2D eigenvalue weighted by molar-refractivity contribution is 0.180. The molecule has 0 aromatic rings. The molecule has 0 bridgehead atoms. The Morgan fingerprint density at radius 2 is 1.72 bits per heavy atom. The molecule has 106 valence electrons. The Hall–Kier alpha value is -0.283. The molecule has 1 fully saturated rings. The molecular formula is C15H30O2Si. The lowest BCUT2D eigenvalue weighted by Crippen LogP contribution is -2.42. The molecule has 0 spiro atoms. The van der Waals surface area contributed by atoms with Crippen LogP contribution in [-0.4, -0.2) is 20.0 Å². The minimum atomic E-state index is -1.58. The average Bonchev–Trinajstić information content (AvgIpc) is 2.27. The first-order chi connectivity index (χ1) is 8.26. The maximum atomic E-state index is 8.78. The zero-order valence-electron chi connectivity index (χ0n) is 12.7. The van der Waals surface area contributed by atoms with Gasteiger partial charge in [-0.1, -0.05) is 20.8 Å². The second-order valence-corrected chi connectivity index (χ2v) is 12.0. The van der Waals surface area contributed by atoms with Crippen LogP contribution in [0, 0.1) is 11.8 Å².